The van der Waals surface area contributed by atoms with Gasteiger partial charge < -0.3 is 20.5 Å². The van der Waals surface area contributed by atoms with Gasteiger partial charge in [-0.3, -0.25) is 9.59 Å². The van der Waals surface area contributed by atoms with Gasteiger partial charge in [-0.15, -0.1) is 0 Å². The van der Waals surface area contributed by atoms with Crippen LogP contribution in [0.5, 0.6) is 0 Å². The molecule has 0 aliphatic rings. The number of para-hydroxylation sites is 1. The highest BCUT2D eigenvalue weighted by Gasteiger charge is 2.16. The van der Waals surface area contributed by atoms with E-state index in [-0.39, 0.29) is 18.9 Å². The van der Waals surface area contributed by atoms with Crippen LogP contribution in [0.1, 0.15) is 34.3 Å². The molecule has 28 heavy (non-hydrogen) atoms. The number of rotatable bonds is 9. The normalized spacial score (nSPS) is 12.0. The van der Waals surface area contributed by atoms with E-state index in [1.54, 1.807) is 18.2 Å². The summed E-state index contributed by atoms with van der Waals surface area (Å²) in [5.41, 5.74) is 3.49. The largest absolute Gasteiger partial charge is 0.481 e. The van der Waals surface area contributed by atoms with Gasteiger partial charge in [-0.1, -0.05) is 30.3 Å². The van der Waals surface area contributed by atoms with Crippen LogP contribution in [0.15, 0.2) is 54.7 Å². The fraction of sp³-hybridized carbons (Fsp3) is 0.273. The number of aromatic amines is 1. The van der Waals surface area contributed by atoms with Crippen LogP contribution < -0.4 is 5.32 Å². The maximum atomic E-state index is 12.6. The predicted octanol–water partition coefficient (Wildman–Crippen LogP) is 2.91. The van der Waals surface area contributed by atoms with E-state index in [1.807, 2.05) is 36.5 Å². The fourth-order valence-electron chi connectivity index (χ4n) is 3.31. The van der Waals surface area contributed by atoms with E-state index in [0.717, 1.165) is 22.0 Å². The van der Waals surface area contributed by atoms with Crippen LogP contribution in [-0.4, -0.2) is 39.7 Å². The summed E-state index contributed by atoms with van der Waals surface area (Å²) in [5, 5.41) is 22.4. The Hall–Kier alpha value is -3.12. The number of carboxylic acids is 1. The Bertz CT molecular complexity index is 964. The van der Waals surface area contributed by atoms with E-state index in [0.29, 0.717) is 24.8 Å². The third-order valence-corrected chi connectivity index (χ3v) is 4.74. The molecule has 0 saturated carbocycles. The molecule has 0 radical (unpaired) electrons. The molecular formula is C22H24N2O4. The van der Waals surface area contributed by atoms with Gasteiger partial charge in [0.25, 0.3) is 5.91 Å². The molecule has 0 aliphatic heterocycles. The number of amides is 1. The monoisotopic (exact) mass is 380 g/mol. The number of aromatic nitrogens is 1. The Balaban J connectivity index is 1.64. The van der Waals surface area contributed by atoms with Crippen LogP contribution in [0, 0.1) is 0 Å². The lowest BCUT2D eigenvalue weighted by Crippen LogP contribution is -2.39. The second kappa shape index (κ2) is 9.19. The quantitative estimate of drug-likeness (QED) is 0.458. The molecule has 1 heterocycles. The minimum absolute atomic E-state index is 0.105. The number of carbonyl (C=O) groups excluding carboxylic acids is 1. The van der Waals surface area contributed by atoms with Gasteiger partial charge in [-0.2, -0.15) is 0 Å². The van der Waals surface area contributed by atoms with Gasteiger partial charge in [0.15, 0.2) is 0 Å². The SMILES string of the molecule is O=C(O)CCCc1cccc(C(=O)N[C@@H](CO)Cc2c[nH]c3ccccc23)c1. The molecule has 4 N–H and O–H groups in total. The lowest BCUT2D eigenvalue weighted by atomic mass is 10.0. The molecule has 1 aromatic heterocycles. The molecule has 3 rings (SSSR count). The molecule has 6 heteroatoms. The molecule has 1 atom stereocenters. The number of hydrogen-bond acceptors (Lipinski definition) is 3. The lowest BCUT2D eigenvalue weighted by Gasteiger charge is -2.16. The molecule has 146 valence electrons. The molecule has 0 saturated heterocycles. The summed E-state index contributed by atoms with van der Waals surface area (Å²) in [5.74, 6) is -1.07. The summed E-state index contributed by atoms with van der Waals surface area (Å²) in [4.78, 5) is 26.5. The summed E-state index contributed by atoms with van der Waals surface area (Å²) < 4.78 is 0. The molecule has 3 aromatic rings. The van der Waals surface area contributed by atoms with Crippen molar-refractivity contribution in [1.29, 1.82) is 0 Å². The van der Waals surface area contributed by atoms with E-state index in [9.17, 15) is 14.7 Å². The van der Waals surface area contributed by atoms with Gasteiger partial charge in [0.1, 0.15) is 0 Å². The van der Waals surface area contributed by atoms with Gasteiger partial charge in [0, 0.05) is 29.1 Å². The number of aliphatic carboxylic acids is 1. The molecule has 0 fully saturated rings. The van der Waals surface area contributed by atoms with Gasteiger partial charge in [-0.05, 0) is 48.6 Å². The minimum Gasteiger partial charge on any atom is -0.481 e. The standard InChI is InChI=1S/C22H24N2O4/c25-14-18(12-17-13-23-20-9-2-1-8-19(17)20)24-22(28)16-7-3-5-15(11-16)6-4-10-21(26)27/h1-3,5,7-9,11,13,18,23,25H,4,6,10,12,14H2,(H,24,28)(H,26,27)/t18-/m1/s1. The zero-order chi connectivity index (χ0) is 19.9. The first kappa shape index (κ1) is 19.6. The number of carboxylic acid groups (broad SMARTS) is 1. The van der Waals surface area contributed by atoms with Crippen LogP contribution in [0.25, 0.3) is 10.9 Å². The second-order valence-electron chi connectivity index (χ2n) is 6.86. The summed E-state index contributed by atoms with van der Waals surface area (Å²) in [6, 6.07) is 14.7. The maximum absolute atomic E-state index is 12.6. The third kappa shape index (κ3) is 4.98. The Morgan fingerprint density at radius 1 is 1.11 bits per heavy atom. The summed E-state index contributed by atoms with van der Waals surface area (Å²) in [6.07, 6.45) is 3.66. The first-order valence-electron chi connectivity index (χ1n) is 9.34. The van der Waals surface area contributed by atoms with Crippen molar-refractivity contribution >= 4 is 22.8 Å². The third-order valence-electron chi connectivity index (χ3n) is 4.74. The van der Waals surface area contributed by atoms with Crippen LogP contribution in [0.3, 0.4) is 0 Å². The number of hydrogen-bond donors (Lipinski definition) is 4. The molecular weight excluding hydrogens is 356 g/mol. The van der Waals surface area contributed by atoms with E-state index < -0.39 is 12.0 Å². The van der Waals surface area contributed by atoms with E-state index in [2.05, 4.69) is 10.3 Å². The smallest absolute Gasteiger partial charge is 0.303 e. The first-order valence-corrected chi connectivity index (χ1v) is 9.34. The average Bonchev–Trinajstić information content (AvgIpc) is 3.10. The maximum Gasteiger partial charge on any atom is 0.303 e. The Morgan fingerprint density at radius 2 is 1.93 bits per heavy atom. The molecule has 1 amide bonds. The van der Waals surface area contributed by atoms with E-state index >= 15 is 0 Å². The predicted molar refractivity (Wildman–Crippen MR) is 107 cm³/mol. The lowest BCUT2D eigenvalue weighted by molar-refractivity contribution is -0.137. The number of aliphatic hydroxyl groups excluding tert-OH is 1. The molecule has 2 aromatic carbocycles. The number of benzene rings is 2. The second-order valence-corrected chi connectivity index (χ2v) is 6.86. The summed E-state index contributed by atoms with van der Waals surface area (Å²) in [6.45, 7) is -0.163. The van der Waals surface area contributed by atoms with Crippen molar-refractivity contribution in [2.45, 2.75) is 31.7 Å². The van der Waals surface area contributed by atoms with Crippen molar-refractivity contribution in [3.63, 3.8) is 0 Å². The van der Waals surface area contributed by atoms with Gasteiger partial charge >= 0.3 is 5.97 Å². The van der Waals surface area contributed by atoms with Gasteiger partial charge in [0.2, 0.25) is 0 Å². The number of nitrogens with one attached hydrogen (secondary N) is 2. The highest BCUT2D eigenvalue weighted by molar-refractivity contribution is 5.94. The van der Waals surface area contributed by atoms with Crippen molar-refractivity contribution in [3.05, 3.63) is 71.4 Å². The van der Waals surface area contributed by atoms with E-state index in [4.69, 9.17) is 5.11 Å². The highest BCUT2D eigenvalue weighted by atomic mass is 16.4. The van der Waals surface area contributed by atoms with Crippen molar-refractivity contribution in [1.82, 2.24) is 10.3 Å². The Kier molecular flexibility index (Phi) is 6.45. The highest BCUT2D eigenvalue weighted by Crippen LogP contribution is 2.19. The summed E-state index contributed by atoms with van der Waals surface area (Å²) >= 11 is 0. The van der Waals surface area contributed by atoms with Gasteiger partial charge in [0.05, 0.1) is 12.6 Å². The molecule has 0 spiro atoms. The fourth-order valence-corrected chi connectivity index (χ4v) is 3.31. The number of aliphatic hydroxyl groups is 1. The number of carbonyl (C=O) groups is 2. The topological polar surface area (TPSA) is 102 Å². The molecule has 6 nitrogen and oxygen atoms in total. The molecule has 0 unspecified atom stereocenters. The zero-order valence-corrected chi connectivity index (χ0v) is 15.5. The number of H-pyrrole nitrogens is 1. The van der Waals surface area contributed by atoms with E-state index in [1.165, 1.54) is 0 Å². The van der Waals surface area contributed by atoms with Crippen molar-refractivity contribution < 1.29 is 19.8 Å². The van der Waals surface area contributed by atoms with Crippen LogP contribution in [0.2, 0.25) is 0 Å². The first-order chi connectivity index (χ1) is 13.6. The molecule has 0 aliphatic carbocycles. The van der Waals surface area contributed by atoms with Crippen LogP contribution in [-0.2, 0) is 17.6 Å². The number of fused-ring (bicyclic) bond motifs is 1. The van der Waals surface area contributed by atoms with Crippen molar-refractivity contribution in [2.24, 2.45) is 0 Å². The minimum atomic E-state index is -0.822. The van der Waals surface area contributed by atoms with Crippen molar-refractivity contribution in [2.75, 3.05) is 6.61 Å². The Morgan fingerprint density at radius 3 is 2.71 bits per heavy atom. The average molecular weight is 380 g/mol. The van der Waals surface area contributed by atoms with Crippen LogP contribution >= 0.6 is 0 Å². The Labute approximate surface area is 163 Å². The zero-order valence-electron chi connectivity index (χ0n) is 15.5. The summed E-state index contributed by atoms with van der Waals surface area (Å²) in [7, 11) is 0. The van der Waals surface area contributed by atoms with Crippen molar-refractivity contribution in [3.8, 4) is 0 Å². The molecule has 0 bridgehead atoms. The van der Waals surface area contributed by atoms with Gasteiger partial charge in [-0.25, -0.2) is 0 Å². The number of aryl methyl sites for hydroxylation is 1. The van der Waals surface area contributed by atoms with Crippen LogP contribution in [0.4, 0.5) is 0 Å².